The average molecular weight is 458 g/mol. The van der Waals surface area contributed by atoms with Gasteiger partial charge < -0.3 is 9.80 Å². The topological polar surface area (TPSA) is 43.9 Å². The Morgan fingerprint density at radius 3 is 2.24 bits per heavy atom. The summed E-state index contributed by atoms with van der Waals surface area (Å²) in [7, 11) is 0. The third-order valence-electron chi connectivity index (χ3n) is 6.82. The van der Waals surface area contributed by atoms with Crippen LogP contribution in [0.5, 0.6) is 0 Å². The van der Waals surface area contributed by atoms with Gasteiger partial charge in [0.25, 0.3) is 5.91 Å². The van der Waals surface area contributed by atoms with Crippen LogP contribution in [-0.2, 0) is 17.9 Å². The van der Waals surface area contributed by atoms with Gasteiger partial charge in [-0.1, -0.05) is 60.7 Å². The normalized spacial score (nSPS) is 17.0. The van der Waals surface area contributed by atoms with E-state index >= 15 is 0 Å². The van der Waals surface area contributed by atoms with Gasteiger partial charge in [-0.15, -0.1) is 0 Å². The largest absolute Gasteiger partial charge is 0.340 e. The number of halogens is 1. The minimum Gasteiger partial charge on any atom is -0.340 e. The molecule has 5 nitrogen and oxygen atoms in total. The molecule has 34 heavy (non-hydrogen) atoms. The summed E-state index contributed by atoms with van der Waals surface area (Å²) < 4.78 is 13.6. The van der Waals surface area contributed by atoms with Crippen molar-refractivity contribution >= 4 is 11.8 Å². The number of hydrogen-bond donors (Lipinski definition) is 0. The zero-order valence-corrected chi connectivity index (χ0v) is 19.1. The van der Waals surface area contributed by atoms with E-state index in [2.05, 4.69) is 17.0 Å². The van der Waals surface area contributed by atoms with E-state index in [1.165, 1.54) is 17.7 Å². The fourth-order valence-electron chi connectivity index (χ4n) is 4.91. The second kappa shape index (κ2) is 9.77. The van der Waals surface area contributed by atoms with Crippen LogP contribution in [0.4, 0.5) is 4.39 Å². The summed E-state index contributed by atoms with van der Waals surface area (Å²) in [6.07, 6.45) is 0.185. The van der Waals surface area contributed by atoms with Gasteiger partial charge in [0.2, 0.25) is 5.91 Å². The Morgan fingerprint density at radius 1 is 0.853 bits per heavy atom. The number of carbonyl (C=O) groups is 2. The third-order valence-corrected chi connectivity index (χ3v) is 6.82. The summed E-state index contributed by atoms with van der Waals surface area (Å²) in [5, 5.41) is 0. The fraction of sp³-hybridized carbons (Fsp3) is 0.286. The molecule has 0 N–H and O–H groups in total. The number of benzene rings is 3. The molecular formula is C28H28FN3O2. The molecule has 1 atom stereocenters. The Bertz CT molecular complexity index is 1160. The maximum absolute atomic E-state index is 13.6. The van der Waals surface area contributed by atoms with E-state index in [4.69, 9.17) is 0 Å². The summed E-state index contributed by atoms with van der Waals surface area (Å²) in [6, 6.07) is 23.6. The molecule has 1 saturated heterocycles. The first kappa shape index (κ1) is 22.3. The summed E-state index contributed by atoms with van der Waals surface area (Å²) >= 11 is 0. The first-order valence-electron chi connectivity index (χ1n) is 11.8. The van der Waals surface area contributed by atoms with Crippen molar-refractivity contribution in [3.63, 3.8) is 0 Å². The van der Waals surface area contributed by atoms with Crippen LogP contribution in [0, 0.1) is 5.82 Å². The molecule has 1 unspecified atom stereocenters. The van der Waals surface area contributed by atoms with Crippen molar-refractivity contribution in [3.8, 4) is 0 Å². The molecule has 3 aromatic carbocycles. The predicted octanol–water partition coefficient (Wildman–Crippen LogP) is 4.26. The highest BCUT2D eigenvalue weighted by Crippen LogP contribution is 2.34. The zero-order chi connectivity index (χ0) is 23.5. The molecule has 0 aliphatic carbocycles. The van der Waals surface area contributed by atoms with Crippen molar-refractivity contribution in [1.29, 1.82) is 0 Å². The van der Waals surface area contributed by atoms with Crippen molar-refractivity contribution in [2.24, 2.45) is 0 Å². The van der Waals surface area contributed by atoms with Crippen molar-refractivity contribution < 1.29 is 14.0 Å². The van der Waals surface area contributed by atoms with E-state index in [0.29, 0.717) is 25.2 Å². The van der Waals surface area contributed by atoms with E-state index in [0.717, 1.165) is 30.8 Å². The van der Waals surface area contributed by atoms with Gasteiger partial charge in [-0.05, 0) is 34.9 Å². The second-order valence-corrected chi connectivity index (χ2v) is 9.00. The highest BCUT2D eigenvalue weighted by Gasteiger charge is 2.35. The van der Waals surface area contributed by atoms with Gasteiger partial charge in [0.05, 0.1) is 12.5 Å². The summed E-state index contributed by atoms with van der Waals surface area (Å²) in [5.41, 5.74) is 3.68. The van der Waals surface area contributed by atoms with Gasteiger partial charge in [0, 0.05) is 44.8 Å². The van der Waals surface area contributed by atoms with Crippen LogP contribution >= 0.6 is 0 Å². The maximum Gasteiger partial charge on any atom is 0.255 e. The Hall–Kier alpha value is -3.51. The number of piperazine rings is 1. The minimum atomic E-state index is -0.435. The van der Waals surface area contributed by atoms with Crippen LogP contribution in [0.3, 0.4) is 0 Å². The highest BCUT2D eigenvalue weighted by atomic mass is 19.1. The number of rotatable bonds is 6. The lowest BCUT2D eigenvalue weighted by Crippen LogP contribution is -2.49. The number of hydrogen-bond acceptors (Lipinski definition) is 3. The van der Waals surface area contributed by atoms with E-state index < -0.39 is 6.04 Å². The summed E-state index contributed by atoms with van der Waals surface area (Å²) in [6.45, 7) is 4.29. The number of carbonyl (C=O) groups excluding carboxylic acids is 2. The lowest BCUT2D eigenvalue weighted by molar-refractivity contribution is -0.134. The van der Waals surface area contributed by atoms with Crippen molar-refractivity contribution in [1.82, 2.24) is 14.7 Å². The molecule has 0 aromatic heterocycles. The molecular weight excluding hydrogens is 429 g/mol. The van der Waals surface area contributed by atoms with E-state index in [1.54, 1.807) is 17.0 Å². The van der Waals surface area contributed by atoms with E-state index in [9.17, 15) is 14.0 Å². The van der Waals surface area contributed by atoms with Crippen LogP contribution in [0.25, 0.3) is 0 Å². The van der Waals surface area contributed by atoms with Gasteiger partial charge in [-0.25, -0.2) is 4.39 Å². The Morgan fingerprint density at radius 2 is 1.53 bits per heavy atom. The van der Waals surface area contributed by atoms with Crippen molar-refractivity contribution in [2.45, 2.75) is 25.6 Å². The van der Waals surface area contributed by atoms with Gasteiger partial charge in [-0.3, -0.25) is 14.5 Å². The van der Waals surface area contributed by atoms with E-state index in [-0.39, 0.29) is 24.1 Å². The number of nitrogens with zero attached hydrogens (tertiary/aromatic N) is 3. The second-order valence-electron chi connectivity index (χ2n) is 9.00. The minimum absolute atomic E-state index is 0.0254. The lowest BCUT2D eigenvalue weighted by Gasteiger charge is -2.36. The highest BCUT2D eigenvalue weighted by molar-refractivity contribution is 5.98. The molecule has 0 spiro atoms. The molecule has 3 aromatic rings. The number of fused-ring (bicyclic) bond motifs is 1. The lowest BCUT2D eigenvalue weighted by atomic mass is 10.0. The van der Waals surface area contributed by atoms with E-state index in [1.807, 2.05) is 47.4 Å². The Labute approximate surface area is 199 Å². The average Bonchev–Trinajstić information content (AvgIpc) is 3.20. The molecule has 1 fully saturated rings. The van der Waals surface area contributed by atoms with Gasteiger partial charge in [0.15, 0.2) is 0 Å². The van der Waals surface area contributed by atoms with Crippen LogP contribution in [-0.4, -0.2) is 52.7 Å². The monoisotopic (exact) mass is 457 g/mol. The Kier molecular flexibility index (Phi) is 6.41. The smallest absolute Gasteiger partial charge is 0.255 e. The zero-order valence-electron chi connectivity index (χ0n) is 19.1. The molecule has 2 amide bonds. The molecule has 2 aliphatic heterocycles. The molecule has 2 heterocycles. The first-order valence-corrected chi connectivity index (χ1v) is 11.8. The molecule has 0 bridgehead atoms. The molecule has 0 radical (unpaired) electrons. The van der Waals surface area contributed by atoms with Crippen LogP contribution in [0.15, 0.2) is 78.9 Å². The van der Waals surface area contributed by atoms with Gasteiger partial charge in [-0.2, -0.15) is 0 Å². The van der Waals surface area contributed by atoms with Crippen LogP contribution in [0.1, 0.15) is 39.5 Å². The fourth-order valence-corrected chi connectivity index (χ4v) is 4.91. The van der Waals surface area contributed by atoms with Crippen LogP contribution in [0.2, 0.25) is 0 Å². The summed E-state index contributed by atoms with van der Waals surface area (Å²) in [4.78, 5) is 32.5. The Balaban J connectivity index is 1.28. The standard InChI is InChI=1S/C28H28FN3O2/c29-24-12-10-22(11-13-24)26(32-20-23-8-4-5-9-25(23)28(32)34)18-27(33)31-16-14-30(15-17-31)19-21-6-2-1-3-7-21/h1-13,26H,14-20H2. The third kappa shape index (κ3) is 4.73. The molecule has 2 aliphatic rings. The molecule has 6 heteroatoms. The van der Waals surface area contributed by atoms with Gasteiger partial charge in [0.1, 0.15) is 5.82 Å². The van der Waals surface area contributed by atoms with Gasteiger partial charge >= 0.3 is 0 Å². The first-order chi connectivity index (χ1) is 16.6. The van der Waals surface area contributed by atoms with Crippen LogP contribution < -0.4 is 0 Å². The molecule has 0 saturated carbocycles. The van der Waals surface area contributed by atoms with Crippen molar-refractivity contribution in [3.05, 3.63) is 107 Å². The quantitative estimate of drug-likeness (QED) is 0.556. The summed E-state index contributed by atoms with van der Waals surface area (Å²) in [5.74, 6) is -0.387. The predicted molar refractivity (Wildman–Crippen MR) is 128 cm³/mol. The molecule has 5 rings (SSSR count). The maximum atomic E-state index is 13.6. The molecule has 174 valence electrons. The van der Waals surface area contributed by atoms with Crippen molar-refractivity contribution in [2.75, 3.05) is 26.2 Å². The SMILES string of the molecule is O=C(CC(c1ccc(F)cc1)N1Cc2ccccc2C1=O)N1CCN(Cc2ccccc2)CC1. The number of amides is 2.